The second kappa shape index (κ2) is 9.03. The average molecular weight is 407 g/mol. The van der Waals surface area contributed by atoms with Crippen LogP contribution in [0.5, 0.6) is 0 Å². The van der Waals surface area contributed by atoms with Gasteiger partial charge in [0.25, 0.3) is 5.56 Å². The van der Waals surface area contributed by atoms with E-state index < -0.39 is 12.1 Å². The molecule has 0 aliphatic rings. The van der Waals surface area contributed by atoms with E-state index in [0.29, 0.717) is 23.4 Å². The number of hydrogen-bond donors (Lipinski definition) is 3. The quantitative estimate of drug-likeness (QED) is 0.610. The predicted molar refractivity (Wildman–Crippen MR) is 95.9 cm³/mol. The smallest absolute Gasteiger partial charge is 0.475 e. The highest BCUT2D eigenvalue weighted by molar-refractivity contribution is 5.73. The number of halogens is 3. The van der Waals surface area contributed by atoms with Crippen molar-refractivity contribution in [2.24, 2.45) is 0 Å². The van der Waals surface area contributed by atoms with Crippen molar-refractivity contribution in [3.63, 3.8) is 0 Å². The van der Waals surface area contributed by atoms with Crippen LogP contribution in [0.2, 0.25) is 0 Å². The van der Waals surface area contributed by atoms with Gasteiger partial charge in [-0.25, -0.2) is 14.3 Å². The van der Waals surface area contributed by atoms with Gasteiger partial charge in [0, 0.05) is 24.8 Å². The summed E-state index contributed by atoms with van der Waals surface area (Å²) < 4.78 is 33.0. The number of carbonyl (C=O) groups is 1. The number of aromatic nitrogens is 3. The number of hydrogen-bond acceptors (Lipinski definition) is 5. The zero-order valence-electron chi connectivity index (χ0n) is 15.1. The maximum Gasteiger partial charge on any atom is 0.490 e. The fourth-order valence-corrected chi connectivity index (χ4v) is 2.32. The number of benzene rings is 1. The van der Waals surface area contributed by atoms with Crippen molar-refractivity contribution in [3.05, 3.63) is 69.8 Å². The summed E-state index contributed by atoms with van der Waals surface area (Å²) in [5, 5.41) is 22.2. The van der Waals surface area contributed by atoms with Gasteiger partial charge in [-0.2, -0.15) is 18.4 Å². The maximum atomic E-state index is 12.0. The Labute approximate surface area is 162 Å². The van der Waals surface area contributed by atoms with E-state index in [1.54, 1.807) is 0 Å². The Balaban J connectivity index is 0.000000370. The molecule has 152 valence electrons. The number of aliphatic carboxylic acids is 1. The molecule has 0 aliphatic carbocycles. The average Bonchev–Trinajstić information content (AvgIpc) is 3.10. The van der Waals surface area contributed by atoms with Crippen LogP contribution in [0, 0.1) is 11.3 Å². The van der Waals surface area contributed by atoms with E-state index >= 15 is 0 Å². The van der Waals surface area contributed by atoms with Gasteiger partial charge in [0.1, 0.15) is 11.6 Å². The highest BCUT2D eigenvalue weighted by Crippen LogP contribution is 2.13. The molecule has 0 amide bonds. The Morgan fingerprint density at radius 3 is 2.55 bits per heavy atom. The molecule has 0 bridgehead atoms. The molecule has 8 nitrogen and oxygen atoms in total. The van der Waals surface area contributed by atoms with Gasteiger partial charge in [-0.1, -0.05) is 30.3 Å². The molecule has 0 aliphatic heterocycles. The Morgan fingerprint density at radius 1 is 1.38 bits per heavy atom. The van der Waals surface area contributed by atoms with Crippen LogP contribution >= 0.6 is 0 Å². The molecule has 2 aromatic heterocycles. The third kappa shape index (κ3) is 5.66. The van der Waals surface area contributed by atoms with E-state index in [9.17, 15) is 18.0 Å². The molecule has 0 fully saturated rings. The third-order valence-corrected chi connectivity index (χ3v) is 3.80. The highest BCUT2D eigenvalue weighted by atomic mass is 19.4. The molecule has 1 atom stereocenters. The minimum atomic E-state index is -5.08. The second-order valence-electron chi connectivity index (χ2n) is 5.86. The summed E-state index contributed by atoms with van der Waals surface area (Å²) in [4.78, 5) is 25.3. The first-order valence-corrected chi connectivity index (χ1v) is 8.22. The number of H-pyrrole nitrogens is 1. The highest BCUT2D eigenvalue weighted by Gasteiger charge is 2.38. The standard InChI is InChI=1S/C16H15N5O.C2HF3O2/c1-11(12-5-3-2-4-6-12)18-10-14-7-15(22)21-16(20-14)13(8-17)9-19-21;3-2(4,5)1(6)7/h2-7,9,11,18-19H,10H2,1H3;(H,6,7)/t11-;/m1./s1. The van der Waals surface area contributed by atoms with Crippen molar-refractivity contribution < 1.29 is 23.1 Å². The molecule has 0 saturated carbocycles. The van der Waals surface area contributed by atoms with Crippen LogP contribution in [0.25, 0.3) is 5.65 Å². The zero-order valence-corrected chi connectivity index (χ0v) is 15.1. The number of aromatic amines is 1. The Kier molecular flexibility index (Phi) is 6.74. The largest absolute Gasteiger partial charge is 0.490 e. The summed E-state index contributed by atoms with van der Waals surface area (Å²) in [5.41, 5.74) is 2.27. The number of carboxylic acids is 1. The molecule has 0 spiro atoms. The van der Waals surface area contributed by atoms with Crippen molar-refractivity contribution in [1.82, 2.24) is 19.9 Å². The number of nitriles is 1. The van der Waals surface area contributed by atoms with Gasteiger partial charge in [0.2, 0.25) is 0 Å². The van der Waals surface area contributed by atoms with Gasteiger partial charge in [0.15, 0.2) is 5.65 Å². The molecule has 1 aromatic carbocycles. The number of nitrogens with zero attached hydrogens (tertiary/aromatic N) is 3. The van der Waals surface area contributed by atoms with Crippen LogP contribution in [0.1, 0.15) is 29.8 Å². The molecule has 3 aromatic rings. The lowest BCUT2D eigenvalue weighted by Gasteiger charge is -2.13. The number of alkyl halides is 3. The summed E-state index contributed by atoms with van der Waals surface area (Å²) in [7, 11) is 0. The molecule has 3 N–H and O–H groups in total. The Bertz CT molecular complexity index is 1080. The molecule has 11 heteroatoms. The van der Waals surface area contributed by atoms with Crippen molar-refractivity contribution >= 4 is 11.6 Å². The van der Waals surface area contributed by atoms with Gasteiger partial charge in [-0.15, -0.1) is 0 Å². The first-order chi connectivity index (χ1) is 13.6. The molecule has 0 radical (unpaired) electrons. The molecular weight excluding hydrogens is 391 g/mol. The van der Waals surface area contributed by atoms with E-state index in [-0.39, 0.29) is 11.6 Å². The molecule has 29 heavy (non-hydrogen) atoms. The fraction of sp³-hybridized carbons (Fsp3) is 0.222. The lowest BCUT2D eigenvalue weighted by molar-refractivity contribution is -0.192. The van der Waals surface area contributed by atoms with Gasteiger partial charge >= 0.3 is 12.1 Å². The zero-order chi connectivity index (χ0) is 21.6. The molecular formula is C18H16F3N5O3. The normalized spacial score (nSPS) is 12.0. The summed E-state index contributed by atoms with van der Waals surface area (Å²) in [6.07, 6.45) is -3.60. The van der Waals surface area contributed by atoms with Crippen LogP contribution in [0.15, 0.2) is 47.4 Å². The number of nitrogens with one attached hydrogen (secondary N) is 2. The summed E-state index contributed by atoms with van der Waals surface area (Å²) in [5.74, 6) is -2.76. The van der Waals surface area contributed by atoms with Crippen molar-refractivity contribution in [3.8, 4) is 6.07 Å². The Morgan fingerprint density at radius 2 is 2.00 bits per heavy atom. The molecule has 0 unspecified atom stereocenters. The summed E-state index contributed by atoms with van der Waals surface area (Å²) in [6.45, 7) is 2.51. The maximum absolute atomic E-state index is 12.0. The van der Waals surface area contributed by atoms with E-state index in [0.717, 1.165) is 0 Å². The summed E-state index contributed by atoms with van der Waals surface area (Å²) in [6, 6.07) is 13.7. The first kappa shape index (κ1) is 21.6. The van der Waals surface area contributed by atoms with E-state index in [2.05, 4.69) is 22.3 Å². The van der Waals surface area contributed by atoms with Crippen molar-refractivity contribution in [1.29, 1.82) is 5.26 Å². The van der Waals surface area contributed by atoms with Crippen LogP contribution in [0.3, 0.4) is 0 Å². The minimum Gasteiger partial charge on any atom is -0.475 e. The van der Waals surface area contributed by atoms with Gasteiger partial charge < -0.3 is 10.4 Å². The van der Waals surface area contributed by atoms with Crippen molar-refractivity contribution in [2.45, 2.75) is 25.7 Å². The fourth-order valence-electron chi connectivity index (χ4n) is 2.32. The number of rotatable bonds is 4. The van der Waals surface area contributed by atoms with Crippen LogP contribution in [-0.2, 0) is 11.3 Å². The van der Waals surface area contributed by atoms with Crippen LogP contribution < -0.4 is 10.9 Å². The third-order valence-electron chi connectivity index (χ3n) is 3.80. The summed E-state index contributed by atoms with van der Waals surface area (Å²) >= 11 is 0. The van der Waals surface area contributed by atoms with Crippen molar-refractivity contribution in [2.75, 3.05) is 0 Å². The minimum absolute atomic E-state index is 0.142. The van der Waals surface area contributed by atoms with Gasteiger partial charge in [-0.05, 0) is 12.5 Å². The second-order valence-corrected chi connectivity index (χ2v) is 5.86. The van der Waals surface area contributed by atoms with E-state index in [1.165, 1.54) is 22.3 Å². The number of fused-ring (bicyclic) bond motifs is 1. The van der Waals surface area contributed by atoms with Crippen LogP contribution in [-0.4, -0.2) is 31.9 Å². The van der Waals surface area contributed by atoms with Gasteiger partial charge in [0.05, 0.1) is 5.69 Å². The SMILES string of the molecule is C[C@@H](NCc1cc(=O)n2[nH]cc(C#N)c2n1)c1ccccc1.O=C(O)C(F)(F)F. The molecule has 2 heterocycles. The van der Waals surface area contributed by atoms with E-state index in [1.807, 2.05) is 36.4 Å². The monoisotopic (exact) mass is 407 g/mol. The molecule has 3 rings (SSSR count). The number of carboxylic acid groups (broad SMARTS) is 1. The molecule has 0 saturated heterocycles. The predicted octanol–water partition coefficient (Wildman–Crippen LogP) is 2.38. The van der Waals surface area contributed by atoms with Gasteiger partial charge in [-0.3, -0.25) is 9.89 Å². The lowest BCUT2D eigenvalue weighted by atomic mass is 10.1. The topological polar surface area (TPSA) is 123 Å². The van der Waals surface area contributed by atoms with E-state index in [4.69, 9.17) is 15.2 Å². The first-order valence-electron chi connectivity index (χ1n) is 8.22. The lowest BCUT2D eigenvalue weighted by Crippen LogP contribution is -2.22. The van der Waals surface area contributed by atoms with Crippen LogP contribution in [0.4, 0.5) is 13.2 Å². The Hall–Kier alpha value is -3.65.